The molecule has 0 saturated heterocycles. The van der Waals surface area contributed by atoms with Gasteiger partial charge in [0.2, 0.25) is 0 Å². The third-order valence-corrected chi connectivity index (χ3v) is 1.11. The van der Waals surface area contributed by atoms with Gasteiger partial charge in [0.15, 0.2) is 5.96 Å². The lowest BCUT2D eigenvalue weighted by Crippen LogP contribution is -2.28. The Labute approximate surface area is 74.1 Å². The maximum absolute atomic E-state index is 10.1. The predicted molar refractivity (Wildman–Crippen MR) is 42.4 cm³/mol. The number of aliphatic imine (C=N–C) groups is 1. The average molecular weight is 211 g/mol. The summed E-state index contributed by atoms with van der Waals surface area (Å²) >= 11 is 0. The molecular formula is C4H10N3O5P. The van der Waals surface area contributed by atoms with Crippen molar-refractivity contribution in [3.05, 3.63) is 0 Å². The molecule has 0 unspecified atom stereocenters. The Morgan fingerprint density at radius 3 is 2.23 bits per heavy atom. The third kappa shape index (κ3) is 18.1. The third-order valence-electron chi connectivity index (χ3n) is 0.589. The van der Waals surface area contributed by atoms with Crippen molar-refractivity contribution in [1.29, 1.82) is 0 Å². The number of carbonyl (C=O) groups excluding carboxylic acids is 2. The highest BCUT2D eigenvalue weighted by Gasteiger charge is 2.11. The summed E-state index contributed by atoms with van der Waals surface area (Å²) in [5.74, 6) is -0.240. The molecule has 8 nitrogen and oxygen atoms in total. The van der Waals surface area contributed by atoms with Crippen molar-refractivity contribution in [2.24, 2.45) is 10.7 Å². The van der Waals surface area contributed by atoms with E-state index >= 15 is 0 Å². The van der Waals surface area contributed by atoms with Crippen LogP contribution in [0.5, 0.6) is 0 Å². The predicted octanol–water partition coefficient (Wildman–Crippen LogP) is -1.58. The fraction of sp³-hybridized carbons (Fsp3) is 0.500. The molecule has 0 radical (unpaired) electrons. The molecule has 0 aromatic heterocycles. The van der Waals surface area contributed by atoms with Gasteiger partial charge in [-0.2, -0.15) is 9.59 Å². The molecular weight excluding hydrogens is 201 g/mol. The zero-order valence-electron chi connectivity index (χ0n) is 6.80. The first-order valence-electron chi connectivity index (χ1n) is 3.00. The van der Waals surface area contributed by atoms with Gasteiger partial charge in [0, 0.05) is 6.54 Å². The summed E-state index contributed by atoms with van der Waals surface area (Å²) in [7, 11) is -4.26. The molecule has 0 aliphatic heterocycles. The lowest BCUT2D eigenvalue weighted by atomic mass is 10.8. The minimum atomic E-state index is -4.26. The molecule has 0 heterocycles. The van der Waals surface area contributed by atoms with Crippen LogP contribution in [0.4, 0.5) is 0 Å². The van der Waals surface area contributed by atoms with Crippen molar-refractivity contribution < 1.29 is 23.9 Å². The first-order chi connectivity index (χ1) is 5.87. The Balaban J connectivity index is 0. The van der Waals surface area contributed by atoms with Crippen molar-refractivity contribution in [2.45, 2.75) is 6.92 Å². The molecule has 5 N–H and O–H groups in total. The van der Waals surface area contributed by atoms with Gasteiger partial charge in [-0.05, 0) is 6.92 Å². The van der Waals surface area contributed by atoms with E-state index in [0.29, 0.717) is 6.54 Å². The summed E-state index contributed by atoms with van der Waals surface area (Å²) in [4.78, 5) is 36.3. The van der Waals surface area contributed by atoms with Gasteiger partial charge >= 0.3 is 13.9 Å². The van der Waals surface area contributed by atoms with Crippen molar-refractivity contribution in [1.82, 2.24) is 5.09 Å². The summed E-state index contributed by atoms with van der Waals surface area (Å²) < 4.78 is 10.1. The lowest BCUT2D eigenvalue weighted by molar-refractivity contribution is -0.191. The standard InChI is InChI=1S/C3H10N3O3P.CO2/c1-2-5-3(4)6-10(7,8)9;2-1-3/h2H2,1H3,(H5,4,5,6,7,8,9);. The van der Waals surface area contributed by atoms with E-state index in [1.165, 1.54) is 0 Å². The maximum Gasteiger partial charge on any atom is 0.429 e. The second-order valence-electron chi connectivity index (χ2n) is 1.60. The van der Waals surface area contributed by atoms with E-state index in [1.54, 1.807) is 12.0 Å². The Morgan fingerprint density at radius 1 is 1.62 bits per heavy atom. The van der Waals surface area contributed by atoms with Crippen LogP contribution in [0.2, 0.25) is 0 Å². The maximum atomic E-state index is 10.1. The van der Waals surface area contributed by atoms with Gasteiger partial charge in [-0.15, -0.1) is 0 Å². The summed E-state index contributed by atoms with van der Waals surface area (Å²) in [6.45, 7) is 2.09. The molecule has 76 valence electrons. The minimum absolute atomic E-state index is 0.240. The largest absolute Gasteiger partial charge is 0.429 e. The van der Waals surface area contributed by atoms with E-state index < -0.39 is 7.75 Å². The summed E-state index contributed by atoms with van der Waals surface area (Å²) in [6.07, 6.45) is 0.250. The molecule has 0 atom stereocenters. The number of rotatable bonds is 2. The SMILES string of the molecule is CCN=C(N)NP(=O)(O)O.O=C=O. The van der Waals surface area contributed by atoms with E-state index in [4.69, 9.17) is 25.1 Å². The van der Waals surface area contributed by atoms with Crippen LogP contribution in [-0.4, -0.2) is 28.4 Å². The molecule has 13 heavy (non-hydrogen) atoms. The normalized spacial score (nSPS) is 10.8. The highest BCUT2D eigenvalue weighted by molar-refractivity contribution is 7.50. The fourth-order valence-electron chi connectivity index (χ4n) is 0.355. The Hall–Kier alpha value is -1.20. The molecule has 0 aromatic carbocycles. The highest BCUT2D eigenvalue weighted by atomic mass is 31.2. The quantitative estimate of drug-likeness (QED) is 0.245. The molecule has 0 aliphatic carbocycles. The molecule has 0 rings (SSSR count). The second-order valence-corrected chi connectivity index (χ2v) is 2.91. The highest BCUT2D eigenvalue weighted by Crippen LogP contribution is 2.27. The van der Waals surface area contributed by atoms with Crippen LogP contribution in [0.15, 0.2) is 4.99 Å². The second kappa shape index (κ2) is 7.45. The van der Waals surface area contributed by atoms with E-state index in [1.807, 2.05) is 0 Å². The number of hydrogen-bond acceptors (Lipinski definition) is 4. The topological polar surface area (TPSA) is 142 Å². The smallest absolute Gasteiger partial charge is 0.370 e. The van der Waals surface area contributed by atoms with Crippen LogP contribution in [0.3, 0.4) is 0 Å². The van der Waals surface area contributed by atoms with E-state index in [0.717, 1.165) is 0 Å². The van der Waals surface area contributed by atoms with Crippen LogP contribution in [0.1, 0.15) is 6.92 Å². The van der Waals surface area contributed by atoms with E-state index in [9.17, 15) is 4.57 Å². The monoisotopic (exact) mass is 211 g/mol. The Bertz CT molecular complexity index is 240. The fourth-order valence-corrected chi connectivity index (χ4v) is 0.724. The van der Waals surface area contributed by atoms with Crippen LogP contribution < -0.4 is 10.8 Å². The van der Waals surface area contributed by atoms with Gasteiger partial charge in [-0.3, -0.25) is 10.1 Å². The van der Waals surface area contributed by atoms with E-state index in [-0.39, 0.29) is 12.1 Å². The first-order valence-corrected chi connectivity index (χ1v) is 4.61. The molecule has 0 aliphatic rings. The number of nitrogens with one attached hydrogen (secondary N) is 1. The van der Waals surface area contributed by atoms with Gasteiger partial charge in [0.1, 0.15) is 0 Å². The molecule has 0 fully saturated rings. The van der Waals surface area contributed by atoms with Crippen molar-refractivity contribution >= 4 is 19.9 Å². The van der Waals surface area contributed by atoms with Crippen LogP contribution in [0, 0.1) is 0 Å². The number of hydrogen-bond donors (Lipinski definition) is 4. The van der Waals surface area contributed by atoms with Crippen LogP contribution >= 0.6 is 7.75 Å². The van der Waals surface area contributed by atoms with Crippen molar-refractivity contribution in [3.63, 3.8) is 0 Å². The molecule has 0 amide bonds. The molecule has 0 bridgehead atoms. The zero-order chi connectivity index (χ0) is 10.9. The molecule has 0 aromatic rings. The van der Waals surface area contributed by atoms with Gasteiger partial charge in [0.25, 0.3) is 0 Å². The van der Waals surface area contributed by atoms with Crippen LogP contribution in [-0.2, 0) is 14.2 Å². The summed E-state index contributed by atoms with van der Waals surface area (Å²) in [6, 6.07) is 0. The average Bonchev–Trinajstić information content (AvgIpc) is 1.84. The van der Waals surface area contributed by atoms with Gasteiger partial charge in [0.05, 0.1) is 0 Å². The van der Waals surface area contributed by atoms with Gasteiger partial charge in [-0.1, -0.05) is 0 Å². The first kappa shape index (κ1) is 14.3. The number of nitrogens with two attached hydrogens (primary N) is 1. The van der Waals surface area contributed by atoms with E-state index in [2.05, 4.69) is 4.99 Å². The molecule has 0 spiro atoms. The van der Waals surface area contributed by atoms with Crippen molar-refractivity contribution in [2.75, 3.05) is 6.54 Å². The van der Waals surface area contributed by atoms with Gasteiger partial charge in [-0.25, -0.2) is 4.57 Å². The summed E-state index contributed by atoms with van der Waals surface area (Å²) in [5.41, 5.74) is 5.02. The molecule has 0 saturated carbocycles. The lowest BCUT2D eigenvalue weighted by Gasteiger charge is -2.04. The number of nitrogens with zero attached hydrogens (tertiary/aromatic N) is 1. The Morgan fingerprint density at radius 2 is 2.00 bits per heavy atom. The van der Waals surface area contributed by atoms with Crippen LogP contribution in [0.25, 0.3) is 0 Å². The zero-order valence-corrected chi connectivity index (χ0v) is 7.69. The Kier molecular flexibility index (Phi) is 8.21. The summed E-state index contributed by atoms with van der Waals surface area (Å²) in [5, 5.41) is 1.71. The minimum Gasteiger partial charge on any atom is -0.370 e. The number of guanidine groups is 1. The van der Waals surface area contributed by atoms with Gasteiger partial charge < -0.3 is 15.5 Å². The van der Waals surface area contributed by atoms with Crippen molar-refractivity contribution in [3.8, 4) is 0 Å². The molecule has 9 heteroatoms.